The smallest absolute Gasteiger partial charge is 0.258 e. The van der Waals surface area contributed by atoms with Gasteiger partial charge in [0.2, 0.25) is 0 Å². The third-order valence-electron chi connectivity index (χ3n) is 6.20. The summed E-state index contributed by atoms with van der Waals surface area (Å²) in [4.78, 5) is 39.4. The number of hydrogen-bond acceptors (Lipinski definition) is 5. The molecule has 168 valence electrons. The lowest BCUT2D eigenvalue weighted by atomic mass is 10.1. The molecule has 1 N–H and O–H groups in total. The van der Waals surface area contributed by atoms with E-state index in [2.05, 4.69) is 33.6 Å². The Balaban J connectivity index is 1.45. The summed E-state index contributed by atoms with van der Waals surface area (Å²) in [5.41, 5.74) is 2.24. The Kier molecular flexibility index (Phi) is 6.55. The predicted molar refractivity (Wildman–Crippen MR) is 128 cm³/mol. The topological polar surface area (TPSA) is 72.5 Å². The molecule has 1 saturated heterocycles. The molecule has 1 amide bonds. The number of anilines is 1. The van der Waals surface area contributed by atoms with Gasteiger partial charge in [-0.15, -0.1) is 0 Å². The fraction of sp³-hybridized carbons (Fsp3) is 0.400. The van der Waals surface area contributed by atoms with Gasteiger partial charge in [0.1, 0.15) is 5.82 Å². The second kappa shape index (κ2) is 9.53. The minimum Gasteiger partial charge on any atom is -0.369 e. The van der Waals surface area contributed by atoms with Gasteiger partial charge in [-0.2, -0.15) is 0 Å². The van der Waals surface area contributed by atoms with Crippen LogP contribution in [-0.4, -0.2) is 64.4 Å². The first-order chi connectivity index (χ1) is 15.5. The van der Waals surface area contributed by atoms with Gasteiger partial charge in [0, 0.05) is 50.0 Å². The Morgan fingerprint density at radius 3 is 2.41 bits per heavy atom. The molecule has 1 fully saturated rings. The second-order valence-electron chi connectivity index (χ2n) is 8.51. The molecule has 32 heavy (non-hydrogen) atoms. The van der Waals surface area contributed by atoms with E-state index < -0.39 is 0 Å². The molecule has 7 nitrogen and oxygen atoms in total. The highest BCUT2D eigenvalue weighted by atomic mass is 16.2. The van der Waals surface area contributed by atoms with Crippen LogP contribution in [0.5, 0.6) is 0 Å². The number of para-hydroxylation sites is 1. The van der Waals surface area contributed by atoms with Crippen LogP contribution >= 0.6 is 0 Å². The Labute approximate surface area is 188 Å². The summed E-state index contributed by atoms with van der Waals surface area (Å²) >= 11 is 0. The van der Waals surface area contributed by atoms with Crippen molar-refractivity contribution in [3.05, 3.63) is 70.3 Å². The summed E-state index contributed by atoms with van der Waals surface area (Å²) in [6.45, 7) is 11.3. The van der Waals surface area contributed by atoms with Crippen molar-refractivity contribution >= 4 is 22.5 Å². The van der Waals surface area contributed by atoms with E-state index in [-0.39, 0.29) is 18.0 Å². The van der Waals surface area contributed by atoms with E-state index >= 15 is 0 Å². The van der Waals surface area contributed by atoms with Gasteiger partial charge in [0.15, 0.2) is 0 Å². The third-order valence-corrected chi connectivity index (χ3v) is 6.20. The summed E-state index contributed by atoms with van der Waals surface area (Å²) < 4.78 is 0. The van der Waals surface area contributed by atoms with Gasteiger partial charge >= 0.3 is 0 Å². The number of hydrogen-bond donors (Lipinski definition) is 1. The van der Waals surface area contributed by atoms with Crippen LogP contribution in [0, 0.1) is 0 Å². The molecule has 2 heterocycles. The van der Waals surface area contributed by atoms with Gasteiger partial charge in [-0.25, -0.2) is 4.98 Å². The molecule has 3 aromatic rings. The van der Waals surface area contributed by atoms with Crippen LogP contribution in [0.3, 0.4) is 0 Å². The summed E-state index contributed by atoms with van der Waals surface area (Å²) in [6, 6.07) is 15.6. The minimum atomic E-state index is -0.184. The zero-order valence-corrected chi connectivity index (χ0v) is 19.0. The second-order valence-corrected chi connectivity index (χ2v) is 8.51. The maximum Gasteiger partial charge on any atom is 0.258 e. The summed E-state index contributed by atoms with van der Waals surface area (Å²) in [5, 5.41) is 0.551. The number of amides is 1. The van der Waals surface area contributed by atoms with E-state index in [9.17, 15) is 9.59 Å². The maximum atomic E-state index is 13.1. The van der Waals surface area contributed by atoms with Crippen LogP contribution in [0.2, 0.25) is 0 Å². The number of aromatic nitrogens is 2. The Hall–Kier alpha value is -3.19. The number of rotatable bonds is 6. The third kappa shape index (κ3) is 4.67. The van der Waals surface area contributed by atoms with Crippen LogP contribution in [0.4, 0.5) is 5.69 Å². The lowest BCUT2D eigenvalue weighted by molar-refractivity contribution is 0.0748. The van der Waals surface area contributed by atoms with E-state index in [1.165, 1.54) is 0 Å². The van der Waals surface area contributed by atoms with Crippen LogP contribution in [0.25, 0.3) is 10.9 Å². The maximum absolute atomic E-state index is 13.1. The van der Waals surface area contributed by atoms with Crippen LogP contribution in [0.15, 0.2) is 53.3 Å². The molecule has 2 aromatic carbocycles. The fourth-order valence-corrected chi connectivity index (χ4v) is 4.21. The first kappa shape index (κ1) is 22.0. The van der Waals surface area contributed by atoms with Gasteiger partial charge in [-0.3, -0.25) is 14.5 Å². The van der Waals surface area contributed by atoms with Crippen molar-refractivity contribution in [2.75, 3.05) is 37.6 Å². The number of fused-ring (bicyclic) bond motifs is 1. The van der Waals surface area contributed by atoms with Gasteiger partial charge < -0.3 is 14.8 Å². The van der Waals surface area contributed by atoms with Crippen molar-refractivity contribution < 1.29 is 4.79 Å². The number of nitrogens with one attached hydrogen (secondary N) is 1. The van der Waals surface area contributed by atoms with E-state index in [1.54, 1.807) is 11.0 Å². The van der Waals surface area contributed by atoms with Crippen molar-refractivity contribution in [2.45, 2.75) is 33.4 Å². The number of carbonyl (C=O) groups excluding carboxylic acids is 1. The summed E-state index contributed by atoms with van der Waals surface area (Å²) in [5.74, 6) is 0.419. The average Bonchev–Trinajstić information content (AvgIpc) is 2.82. The molecule has 1 aromatic heterocycles. The number of nitrogens with zero attached hydrogens (tertiary/aromatic N) is 4. The molecule has 0 unspecified atom stereocenters. The molecule has 0 atom stereocenters. The zero-order valence-electron chi connectivity index (χ0n) is 19.0. The molecule has 1 aliphatic heterocycles. The number of benzene rings is 2. The highest BCUT2D eigenvalue weighted by molar-refractivity contribution is 5.94. The summed E-state index contributed by atoms with van der Waals surface area (Å²) in [7, 11) is 0. The molecule has 0 spiro atoms. The van der Waals surface area contributed by atoms with E-state index in [1.807, 2.05) is 49.4 Å². The standard InChI is InChI=1S/C25H31N5O2/c1-4-28(17-23-26-22-8-6-5-7-21(22)24(31)27-23)25(32)19-9-11-20(12-10-19)30-15-13-29(14-16-30)18(2)3/h5-12,18H,4,13-17H2,1-3H3,(H,26,27,31). The van der Waals surface area contributed by atoms with E-state index in [4.69, 9.17) is 0 Å². The molecule has 7 heteroatoms. The van der Waals surface area contributed by atoms with Gasteiger partial charge in [0.05, 0.1) is 17.4 Å². The normalized spacial score (nSPS) is 14.8. The SMILES string of the molecule is CCN(Cc1nc2ccccc2c(=O)[nH]1)C(=O)c1ccc(N2CCN(C(C)C)CC2)cc1. The first-order valence-corrected chi connectivity index (χ1v) is 11.3. The Morgan fingerprint density at radius 1 is 1.06 bits per heavy atom. The minimum absolute atomic E-state index is 0.0699. The molecule has 0 aliphatic carbocycles. The van der Waals surface area contributed by atoms with Gasteiger partial charge in [-0.1, -0.05) is 12.1 Å². The zero-order chi connectivity index (χ0) is 22.7. The molecule has 0 bridgehead atoms. The van der Waals surface area contributed by atoms with Crippen molar-refractivity contribution in [1.82, 2.24) is 19.8 Å². The lowest BCUT2D eigenvalue weighted by Crippen LogP contribution is -2.48. The first-order valence-electron chi connectivity index (χ1n) is 11.3. The van der Waals surface area contributed by atoms with Crippen molar-refractivity contribution in [2.24, 2.45) is 0 Å². The Bertz CT molecular complexity index is 1130. The quantitative estimate of drug-likeness (QED) is 0.647. The van der Waals surface area contributed by atoms with Gasteiger partial charge in [-0.05, 0) is 57.2 Å². The highest BCUT2D eigenvalue weighted by Crippen LogP contribution is 2.19. The molecule has 1 aliphatic rings. The van der Waals surface area contributed by atoms with Gasteiger partial charge in [0.25, 0.3) is 11.5 Å². The Morgan fingerprint density at radius 2 is 1.75 bits per heavy atom. The number of aromatic amines is 1. The molecule has 0 radical (unpaired) electrons. The fourth-order valence-electron chi connectivity index (χ4n) is 4.21. The van der Waals surface area contributed by atoms with Crippen molar-refractivity contribution in [1.29, 1.82) is 0 Å². The average molecular weight is 434 g/mol. The number of H-pyrrole nitrogens is 1. The number of piperazine rings is 1. The molecule has 4 rings (SSSR count). The van der Waals surface area contributed by atoms with Crippen molar-refractivity contribution in [3.63, 3.8) is 0 Å². The predicted octanol–water partition coefficient (Wildman–Crippen LogP) is 3.12. The highest BCUT2D eigenvalue weighted by Gasteiger charge is 2.20. The van der Waals surface area contributed by atoms with Crippen LogP contribution < -0.4 is 10.5 Å². The molecule has 0 saturated carbocycles. The summed E-state index contributed by atoms with van der Waals surface area (Å²) in [6.07, 6.45) is 0. The number of carbonyl (C=O) groups is 1. The van der Waals surface area contributed by atoms with E-state index in [0.717, 1.165) is 31.9 Å². The molecular formula is C25H31N5O2. The van der Waals surface area contributed by atoms with Crippen LogP contribution in [0.1, 0.15) is 37.0 Å². The van der Waals surface area contributed by atoms with E-state index in [0.29, 0.717) is 34.9 Å². The monoisotopic (exact) mass is 433 g/mol. The van der Waals surface area contributed by atoms with Crippen molar-refractivity contribution in [3.8, 4) is 0 Å². The largest absolute Gasteiger partial charge is 0.369 e. The molecular weight excluding hydrogens is 402 g/mol. The van der Waals surface area contributed by atoms with Crippen LogP contribution in [-0.2, 0) is 6.54 Å². The lowest BCUT2D eigenvalue weighted by Gasteiger charge is -2.38.